The van der Waals surface area contributed by atoms with Crippen molar-refractivity contribution in [1.29, 1.82) is 0 Å². The van der Waals surface area contributed by atoms with Crippen molar-refractivity contribution in [3.63, 3.8) is 0 Å². The van der Waals surface area contributed by atoms with Gasteiger partial charge in [-0.25, -0.2) is 4.39 Å². The SMILES string of the molecule is COc1ccc(OCc2nnc(Cc3ccccc3C)o2)cc1F. The van der Waals surface area contributed by atoms with E-state index in [1.165, 1.54) is 24.8 Å². The standard InChI is InChI=1S/C18H17FN2O3/c1-12-5-3-4-6-13(12)9-17-20-21-18(24-17)11-23-14-7-8-16(22-2)15(19)10-14/h3-8,10H,9,11H2,1-2H3. The molecule has 0 amide bonds. The first-order chi connectivity index (χ1) is 11.7. The number of methoxy groups -OCH3 is 1. The van der Waals surface area contributed by atoms with E-state index < -0.39 is 5.82 Å². The van der Waals surface area contributed by atoms with Crippen LogP contribution in [0.4, 0.5) is 4.39 Å². The maximum atomic E-state index is 13.6. The van der Waals surface area contributed by atoms with Gasteiger partial charge in [0.1, 0.15) is 5.75 Å². The lowest BCUT2D eigenvalue weighted by Crippen LogP contribution is -1.97. The van der Waals surface area contributed by atoms with E-state index in [0.29, 0.717) is 24.0 Å². The first-order valence-electron chi connectivity index (χ1n) is 7.48. The molecule has 3 rings (SSSR count). The largest absolute Gasteiger partial charge is 0.494 e. The second-order valence-corrected chi connectivity index (χ2v) is 5.28. The number of benzene rings is 2. The fourth-order valence-electron chi connectivity index (χ4n) is 2.27. The average molecular weight is 328 g/mol. The van der Waals surface area contributed by atoms with Crippen LogP contribution in [-0.2, 0) is 13.0 Å². The lowest BCUT2D eigenvalue weighted by Gasteiger charge is -2.06. The second-order valence-electron chi connectivity index (χ2n) is 5.28. The van der Waals surface area contributed by atoms with Crippen molar-refractivity contribution in [3.8, 4) is 11.5 Å². The van der Waals surface area contributed by atoms with Crippen molar-refractivity contribution in [2.45, 2.75) is 20.0 Å². The van der Waals surface area contributed by atoms with E-state index in [2.05, 4.69) is 10.2 Å². The molecule has 0 atom stereocenters. The normalized spacial score (nSPS) is 10.6. The minimum atomic E-state index is -0.485. The molecule has 3 aromatic rings. The number of ether oxygens (including phenoxy) is 2. The number of halogens is 1. The Morgan fingerprint density at radius 1 is 1.08 bits per heavy atom. The molecular formula is C18H17FN2O3. The molecule has 6 heteroatoms. The zero-order valence-electron chi connectivity index (χ0n) is 13.5. The van der Waals surface area contributed by atoms with E-state index in [0.717, 1.165) is 5.56 Å². The highest BCUT2D eigenvalue weighted by Gasteiger charge is 2.10. The molecule has 0 aliphatic heterocycles. The summed E-state index contributed by atoms with van der Waals surface area (Å²) in [6.45, 7) is 2.11. The van der Waals surface area contributed by atoms with Crippen LogP contribution in [0.15, 0.2) is 46.9 Å². The summed E-state index contributed by atoms with van der Waals surface area (Å²) in [5.74, 6) is 0.909. The molecule has 0 bridgehead atoms. The third-order valence-corrected chi connectivity index (χ3v) is 3.60. The van der Waals surface area contributed by atoms with Crippen molar-refractivity contribution in [2.24, 2.45) is 0 Å². The van der Waals surface area contributed by atoms with Gasteiger partial charge in [-0.1, -0.05) is 24.3 Å². The number of aryl methyl sites for hydroxylation is 1. The van der Waals surface area contributed by atoms with Crippen molar-refractivity contribution in [1.82, 2.24) is 10.2 Å². The van der Waals surface area contributed by atoms with E-state index in [1.54, 1.807) is 6.07 Å². The molecule has 2 aromatic carbocycles. The first-order valence-corrected chi connectivity index (χ1v) is 7.48. The summed E-state index contributed by atoms with van der Waals surface area (Å²) >= 11 is 0. The van der Waals surface area contributed by atoms with Gasteiger partial charge in [-0.2, -0.15) is 0 Å². The monoisotopic (exact) mass is 328 g/mol. The van der Waals surface area contributed by atoms with Crippen LogP contribution in [0.3, 0.4) is 0 Å². The molecule has 0 fully saturated rings. The molecule has 5 nitrogen and oxygen atoms in total. The smallest absolute Gasteiger partial charge is 0.253 e. The third kappa shape index (κ3) is 3.71. The summed E-state index contributed by atoms with van der Waals surface area (Å²) in [6, 6.07) is 12.4. The van der Waals surface area contributed by atoms with Gasteiger partial charge in [0.05, 0.1) is 13.5 Å². The van der Waals surface area contributed by atoms with Gasteiger partial charge in [0.25, 0.3) is 5.89 Å². The Bertz CT molecular complexity index is 833. The maximum absolute atomic E-state index is 13.6. The molecule has 24 heavy (non-hydrogen) atoms. The van der Waals surface area contributed by atoms with Gasteiger partial charge in [0, 0.05) is 6.07 Å². The molecule has 0 aliphatic carbocycles. The van der Waals surface area contributed by atoms with Crippen molar-refractivity contribution in [2.75, 3.05) is 7.11 Å². The maximum Gasteiger partial charge on any atom is 0.253 e. The van der Waals surface area contributed by atoms with Gasteiger partial charge in [-0.3, -0.25) is 0 Å². The lowest BCUT2D eigenvalue weighted by molar-refractivity contribution is 0.257. The molecule has 1 heterocycles. The fourth-order valence-corrected chi connectivity index (χ4v) is 2.27. The van der Waals surface area contributed by atoms with Crippen LogP contribution in [0, 0.1) is 12.7 Å². The fraction of sp³-hybridized carbons (Fsp3) is 0.222. The van der Waals surface area contributed by atoms with Crippen LogP contribution in [0.2, 0.25) is 0 Å². The van der Waals surface area contributed by atoms with Gasteiger partial charge in [0.2, 0.25) is 5.89 Å². The van der Waals surface area contributed by atoms with Crippen LogP contribution < -0.4 is 9.47 Å². The van der Waals surface area contributed by atoms with E-state index in [-0.39, 0.29) is 12.4 Å². The van der Waals surface area contributed by atoms with E-state index >= 15 is 0 Å². The summed E-state index contributed by atoms with van der Waals surface area (Å²) in [7, 11) is 1.41. The molecule has 0 unspecified atom stereocenters. The molecule has 0 spiro atoms. The lowest BCUT2D eigenvalue weighted by atomic mass is 10.1. The van der Waals surface area contributed by atoms with Gasteiger partial charge in [0.15, 0.2) is 18.2 Å². The average Bonchev–Trinajstić information content (AvgIpc) is 3.03. The van der Waals surface area contributed by atoms with Gasteiger partial charge in [-0.05, 0) is 30.2 Å². The summed E-state index contributed by atoms with van der Waals surface area (Å²) in [5, 5.41) is 7.97. The molecule has 0 saturated heterocycles. The molecule has 0 radical (unpaired) electrons. The number of aromatic nitrogens is 2. The molecule has 0 aliphatic rings. The van der Waals surface area contributed by atoms with Crippen LogP contribution in [0.25, 0.3) is 0 Å². The summed E-state index contributed by atoms with van der Waals surface area (Å²) in [6.07, 6.45) is 0.566. The van der Waals surface area contributed by atoms with Gasteiger partial charge in [-0.15, -0.1) is 10.2 Å². The minimum absolute atomic E-state index is 0.0759. The Morgan fingerprint density at radius 2 is 1.88 bits per heavy atom. The van der Waals surface area contributed by atoms with Crippen molar-refractivity contribution in [3.05, 3.63) is 71.2 Å². The zero-order valence-corrected chi connectivity index (χ0v) is 13.5. The Morgan fingerprint density at radius 3 is 2.62 bits per heavy atom. The summed E-state index contributed by atoms with van der Waals surface area (Å²) < 4.78 is 29.5. The molecule has 1 aromatic heterocycles. The zero-order chi connectivity index (χ0) is 16.9. The van der Waals surface area contributed by atoms with Crippen LogP contribution >= 0.6 is 0 Å². The predicted octanol–water partition coefficient (Wildman–Crippen LogP) is 3.70. The Kier molecular flexibility index (Phi) is 4.74. The van der Waals surface area contributed by atoms with Crippen molar-refractivity contribution >= 4 is 0 Å². The van der Waals surface area contributed by atoms with E-state index in [4.69, 9.17) is 13.9 Å². The number of hydrogen-bond acceptors (Lipinski definition) is 5. The Labute approximate surface area is 139 Å². The number of hydrogen-bond donors (Lipinski definition) is 0. The number of nitrogens with zero attached hydrogens (tertiary/aromatic N) is 2. The molecule has 0 N–H and O–H groups in total. The Balaban J connectivity index is 1.62. The quantitative estimate of drug-likeness (QED) is 0.690. The van der Waals surface area contributed by atoms with Crippen molar-refractivity contribution < 1.29 is 18.3 Å². The van der Waals surface area contributed by atoms with E-state index in [9.17, 15) is 4.39 Å². The van der Waals surface area contributed by atoms with Crippen LogP contribution in [0.1, 0.15) is 22.9 Å². The predicted molar refractivity (Wildman–Crippen MR) is 85.6 cm³/mol. The summed E-state index contributed by atoms with van der Waals surface area (Å²) in [4.78, 5) is 0. The molecule has 124 valence electrons. The molecular weight excluding hydrogens is 311 g/mol. The minimum Gasteiger partial charge on any atom is -0.494 e. The highest BCUT2D eigenvalue weighted by molar-refractivity contribution is 5.33. The number of rotatable bonds is 6. The van der Waals surface area contributed by atoms with Gasteiger partial charge >= 0.3 is 0 Å². The van der Waals surface area contributed by atoms with Gasteiger partial charge < -0.3 is 13.9 Å². The highest BCUT2D eigenvalue weighted by atomic mass is 19.1. The summed E-state index contributed by atoms with van der Waals surface area (Å²) in [5.41, 5.74) is 2.30. The topological polar surface area (TPSA) is 57.4 Å². The first kappa shape index (κ1) is 16.0. The Hall–Kier alpha value is -2.89. The highest BCUT2D eigenvalue weighted by Crippen LogP contribution is 2.23. The second kappa shape index (κ2) is 7.12. The van der Waals surface area contributed by atoms with Crippen LogP contribution in [0.5, 0.6) is 11.5 Å². The van der Waals surface area contributed by atoms with Crippen LogP contribution in [-0.4, -0.2) is 17.3 Å². The third-order valence-electron chi connectivity index (χ3n) is 3.60. The molecule has 0 saturated carbocycles. The van der Waals surface area contributed by atoms with E-state index in [1.807, 2.05) is 31.2 Å².